The molecule has 1 aromatic heterocycles. The zero-order valence-corrected chi connectivity index (χ0v) is 12.4. The number of hydrogen-bond donors (Lipinski definition) is 2. The Balaban J connectivity index is 1.84. The number of aromatic nitrogens is 1. The van der Waals surface area contributed by atoms with Gasteiger partial charge in [0.25, 0.3) is 0 Å². The van der Waals surface area contributed by atoms with Gasteiger partial charge in [-0.1, -0.05) is 18.2 Å². The first-order chi connectivity index (χ1) is 10.2. The van der Waals surface area contributed by atoms with Crippen LogP contribution in [0.2, 0.25) is 0 Å². The molecule has 0 atom stereocenters. The van der Waals surface area contributed by atoms with Crippen LogP contribution in [0.15, 0.2) is 36.5 Å². The summed E-state index contributed by atoms with van der Waals surface area (Å²) in [6, 6.07) is 9.33. The molecule has 0 fully saturated rings. The highest BCUT2D eigenvalue weighted by Crippen LogP contribution is 2.20. The molecule has 2 rings (SSSR count). The number of urea groups is 1. The maximum absolute atomic E-state index is 11.9. The predicted molar refractivity (Wildman–Crippen MR) is 84.5 cm³/mol. The van der Waals surface area contributed by atoms with Crippen molar-refractivity contribution in [3.05, 3.63) is 36.5 Å². The minimum atomic E-state index is -0.224. The Labute approximate surface area is 124 Å². The van der Waals surface area contributed by atoms with E-state index in [0.29, 0.717) is 18.8 Å². The van der Waals surface area contributed by atoms with Crippen molar-refractivity contribution in [2.24, 2.45) is 0 Å². The molecule has 0 aliphatic heterocycles. The number of anilines is 1. The lowest BCUT2D eigenvalue weighted by molar-refractivity contribution is 0.0775. The second kappa shape index (κ2) is 7.59. The smallest absolute Gasteiger partial charge is 0.319 e. The number of carbonyl (C=O) groups excluding carboxylic acids is 1. The molecule has 0 aliphatic rings. The first-order valence-electron chi connectivity index (χ1n) is 7.17. The van der Waals surface area contributed by atoms with Crippen molar-refractivity contribution in [3.8, 4) is 0 Å². The maximum Gasteiger partial charge on any atom is 0.319 e. The zero-order valence-electron chi connectivity index (χ0n) is 12.4. The van der Waals surface area contributed by atoms with Crippen molar-refractivity contribution in [1.82, 2.24) is 10.3 Å². The highest BCUT2D eigenvalue weighted by molar-refractivity contribution is 5.99. The van der Waals surface area contributed by atoms with Crippen molar-refractivity contribution in [2.75, 3.05) is 18.5 Å². The summed E-state index contributed by atoms with van der Waals surface area (Å²) in [5, 5.41) is 6.64. The Hall–Kier alpha value is -2.14. The fraction of sp³-hybridized carbons (Fsp3) is 0.375. The summed E-state index contributed by atoms with van der Waals surface area (Å²) >= 11 is 0. The van der Waals surface area contributed by atoms with E-state index >= 15 is 0 Å². The first-order valence-corrected chi connectivity index (χ1v) is 7.17. The Bertz CT molecular complexity index is 594. The molecule has 112 valence electrons. The normalized spacial score (nSPS) is 10.8. The standard InChI is InChI=1S/C16H21N3O2/c1-12(2)21-11-5-10-18-16(20)19-14-8-3-6-13-7-4-9-17-15(13)14/h3-4,6-9,12H,5,10-11H2,1-2H3,(H2,18,19,20). The number of pyridine rings is 1. The third-order valence-corrected chi connectivity index (χ3v) is 2.94. The molecule has 2 aromatic rings. The molecule has 0 bridgehead atoms. The molecule has 0 saturated heterocycles. The van der Waals surface area contributed by atoms with Crippen molar-refractivity contribution < 1.29 is 9.53 Å². The quantitative estimate of drug-likeness (QED) is 0.802. The van der Waals surface area contributed by atoms with E-state index in [4.69, 9.17) is 4.74 Å². The van der Waals surface area contributed by atoms with E-state index in [2.05, 4.69) is 15.6 Å². The number of nitrogens with zero attached hydrogens (tertiary/aromatic N) is 1. The van der Waals surface area contributed by atoms with Gasteiger partial charge in [0, 0.05) is 24.7 Å². The van der Waals surface area contributed by atoms with Gasteiger partial charge in [-0.3, -0.25) is 4.98 Å². The molecule has 5 nitrogen and oxygen atoms in total. The summed E-state index contributed by atoms with van der Waals surface area (Å²) in [6.45, 7) is 5.21. The molecule has 21 heavy (non-hydrogen) atoms. The van der Waals surface area contributed by atoms with Crippen LogP contribution in [0.4, 0.5) is 10.5 Å². The number of hydrogen-bond acceptors (Lipinski definition) is 3. The van der Waals surface area contributed by atoms with Crippen molar-refractivity contribution in [2.45, 2.75) is 26.4 Å². The SMILES string of the molecule is CC(C)OCCCNC(=O)Nc1cccc2cccnc12. The minimum absolute atomic E-state index is 0.223. The highest BCUT2D eigenvalue weighted by Gasteiger charge is 2.05. The molecular weight excluding hydrogens is 266 g/mol. The van der Waals surface area contributed by atoms with Crippen LogP contribution in [-0.2, 0) is 4.74 Å². The summed E-state index contributed by atoms with van der Waals surface area (Å²) in [6.07, 6.45) is 2.73. The molecule has 0 spiro atoms. The van der Waals surface area contributed by atoms with Crippen LogP contribution in [0.25, 0.3) is 10.9 Å². The van der Waals surface area contributed by atoms with Gasteiger partial charge < -0.3 is 15.4 Å². The van der Waals surface area contributed by atoms with Gasteiger partial charge in [0.05, 0.1) is 17.3 Å². The van der Waals surface area contributed by atoms with Crippen LogP contribution in [-0.4, -0.2) is 30.3 Å². The molecule has 5 heteroatoms. The fourth-order valence-corrected chi connectivity index (χ4v) is 1.96. The fourth-order valence-electron chi connectivity index (χ4n) is 1.96. The van der Waals surface area contributed by atoms with E-state index in [0.717, 1.165) is 17.3 Å². The van der Waals surface area contributed by atoms with Crippen molar-refractivity contribution >= 4 is 22.6 Å². The van der Waals surface area contributed by atoms with E-state index in [9.17, 15) is 4.79 Å². The summed E-state index contributed by atoms with van der Waals surface area (Å²) in [4.78, 5) is 16.2. The van der Waals surface area contributed by atoms with E-state index in [1.165, 1.54) is 0 Å². The topological polar surface area (TPSA) is 63.2 Å². The average Bonchev–Trinajstić information content (AvgIpc) is 2.47. The Morgan fingerprint density at radius 3 is 2.90 bits per heavy atom. The predicted octanol–water partition coefficient (Wildman–Crippen LogP) is 3.17. The molecule has 1 aromatic carbocycles. The van der Waals surface area contributed by atoms with Crippen molar-refractivity contribution in [3.63, 3.8) is 0 Å². The molecule has 2 N–H and O–H groups in total. The van der Waals surface area contributed by atoms with Crippen molar-refractivity contribution in [1.29, 1.82) is 0 Å². The number of benzene rings is 1. The number of para-hydroxylation sites is 1. The third kappa shape index (κ3) is 4.72. The average molecular weight is 287 g/mol. The monoisotopic (exact) mass is 287 g/mol. The van der Waals surface area contributed by atoms with E-state index in [-0.39, 0.29) is 12.1 Å². The molecule has 0 unspecified atom stereocenters. The lowest BCUT2D eigenvalue weighted by atomic mass is 10.2. The van der Waals surface area contributed by atoms with Gasteiger partial charge in [-0.2, -0.15) is 0 Å². The number of amides is 2. The molecule has 0 radical (unpaired) electrons. The van der Waals surface area contributed by atoms with Gasteiger partial charge in [0.2, 0.25) is 0 Å². The summed E-state index contributed by atoms with van der Waals surface area (Å²) < 4.78 is 5.42. The molecular formula is C16H21N3O2. The largest absolute Gasteiger partial charge is 0.379 e. The van der Waals surface area contributed by atoms with Crippen LogP contribution in [0.1, 0.15) is 20.3 Å². The van der Waals surface area contributed by atoms with E-state index < -0.39 is 0 Å². The van der Waals surface area contributed by atoms with Gasteiger partial charge in [0.15, 0.2) is 0 Å². The third-order valence-electron chi connectivity index (χ3n) is 2.94. The van der Waals surface area contributed by atoms with E-state index in [1.807, 2.05) is 44.2 Å². The Kier molecular flexibility index (Phi) is 5.51. The van der Waals surface area contributed by atoms with Gasteiger partial charge >= 0.3 is 6.03 Å². The van der Waals surface area contributed by atoms with E-state index in [1.54, 1.807) is 6.20 Å². The second-order valence-corrected chi connectivity index (χ2v) is 5.03. The number of carbonyl (C=O) groups is 1. The summed E-state index contributed by atoms with van der Waals surface area (Å²) in [5.74, 6) is 0. The highest BCUT2D eigenvalue weighted by atomic mass is 16.5. The Morgan fingerprint density at radius 1 is 1.29 bits per heavy atom. The van der Waals surface area contributed by atoms with Gasteiger partial charge in [-0.05, 0) is 32.4 Å². The van der Waals surface area contributed by atoms with Crippen LogP contribution in [0.3, 0.4) is 0 Å². The number of nitrogens with one attached hydrogen (secondary N) is 2. The minimum Gasteiger partial charge on any atom is -0.379 e. The lowest BCUT2D eigenvalue weighted by Gasteiger charge is -2.10. The molecule has 0 aliphatic carbocycles. The number of fused-ring (bicyclic) bond motifs is 1. The number of ether oxygens (including phenoxy) is 1. The molecule has 0 saturated carbocycles. The van der Waals surface area contributed by atoms with Gasteiger partial charge in [-0.15, -0.1) is 0 Å². The summed E-state index contributed by atoms with van der Waals surface area (Å²) in [7, 11) is 0. The van der Waals surface area contributed by atoms with Crippen LogP contribution >= 0.6 is 0 Å². The molecule has 2 amide bonds. The second-order valence-electron chi connectivity index (χ2n) is 5.03. The lowest BCUT2D eigenvalue weighted by Crippen LogP contribution is -2.30. The first kappa shape index (κ1) is 15.3. The Morgan fingerprint density at radius 2 is 2.10 bits per heavy atom. The van der Waals surface area contributed by atoms with Gasteiger partial charge in [-0.25, -0.2) is 4.79 Å². The number of rotatable bonds is 6. The van der Waals surface area contributed by atoms with Gasteiger partial charge in [0.1, 0.15) is 0 Å². The zero-order chi connectivity index (χ0) is 15.1. The van der Waals surface area contributed by atoms with Crippen LogP contribution in [0, 0.1) is 0 Å². The summed E-state index contributed by atoms with van der Waals surface area (Å²) in [5.41, 5.74) is 1.50. The van der Waals surface area contributed by atoms with Crippen LogP contribution < -0.4 is 10.6 Å². The van der Waals surface area contributed by atoms with Crippen LogP contribution in [0.5, 0.6) is 0 Å². The molecule has 1 heterocycles. The maximum atomic E-state index is 11.9.